The van der Waals surface area contributed by atoms with Crippen LogP contribution in [-0.2, 0) is 12.8 Å². The number of hydrogen-bond donors (Lipinski definition) is 1. The number of thiophene rings is 1. The highest BCUT2D eigenvalue weighted by molar-refractivity contribution is 7.12. The molecule has 0 radical (unpaired) electrons. The highest BCUT2D eigenvalue weighted by Crippen LogP contribution is 2.28. The van der Waals surface area contributed by atoms with Crippen molar-refractivity contribution in [3.63, 3.8) is 0 Å². The van der Waals surface area contributed by atoms with Crippen molar-refractivity contribution in [2.75, 3.05) is 7.05 Å². The molecule has 0 aromatic carbocycles. The largest absolute Gasteiger partial charge is 0.317 e. The molecule has 0 spiro atoms. The second-order valence-electron chi connectivity index (χ2n) is 3.53. The van der Waals surface area contributed by atoms with E-state index in [0.717, 1.165) is 6.04 Å². The standard InChI is InChI=1S/C10H15NS.ClH/c1-7-5-8-3-4-9(11-2)6-10(8)12-7;/h5,9,11H,3-4,6H2,1-2H3;1H. The topological polar surface area (TPSA) is 12.0 Å². The van der Waals surface area contributed by atoms with Crippen LogP contribution in [-0.4, -0.2) is 13.1 Å². The van der Waals surface area contributed by atoms with Crippen LogP contribution in [0, 0.1) is 6.92 Å². The van der Waals surface area contributed by atoms with Crippen LogP contribution in [0.15, 0.2) is 6.07 Å². The Morgan fingerprint density at radius 2 is 2.31 bits per heavy atom. The minimum atomic E-state index is 0. The Morgan fingerprint density at radius 3 is 3.00 bits per heavy atom. The fourth-order valence-electron chi connectivity index (χ4n) is 1.90. The lowest BCUT2D eigenvalue weighted by atomic mass is 9.95. The molecule has 1 heterocycles. The van der Waals surface area contributed by atoms with Gasteiger partial charge in [0, 0.05) is 15.8 Å². The van der Waals surface area contributed by atoms with Gasteiger partial charge >= 0.3 is 0 Å². The minimum Gasteiger partial charge on any atom is -0.317 e. The third-order valence-electron chi connectivity index (χ3n) is 2.62. The van der Waals surface area contributed by atoms with Crippen LogP contribution in [0.1, 0.15) is 21.7 Å². The summed E-state index contributed by atoms with van der Waals surface area (Å²) in [5.41, 5.74) is 1.60. The molecule has 1 aromatic rings. The normalized spacial score (nSPS) is 20.6. The Labute approximate surface area is 90.0 Å². The van der Waals surface area contributed by atoms with Crippen molar-refractivity contribution < 1.29 is 0 Å². The first-order valence-corrected chi connectivity index (χ1v) is 5.36. The van der Waals surface area contributed by atoms with E-state index in [1.54, 1.807) is 10.4 Å². The SMILES string of the molecule is CNC1CCc2cc(C)sc2C1.Cl. The number of nitrogens with one attached hydrogen (secondary N) is 1. The maximum atomic E-state index is 3.36. The Bertz CT molecular complexity index is 282. The van der Waals surface area contributed by atoms with E-state index in [0.29, 0.717) is 0 Å². The van der Waals surface area contributed by atoms with Crippen molar-refractivity contribution in [1.82, 2.24) is 5.32 Å². The molecule has 1 aliphatic carbocycles. The molecule has 0 saturated carbocycles. The maximum absolute atomic E-state index is 3.36. The molecule has 1 aromatic heterocycles. The predicted molar refractivity (Wildman–Crippen MR) is 61.2 cm³/mol. The number of hydrogen-bond acceptors (Lipinski definition) is 2. The summed E-state index contributed by atoms with van der Waals surface area (Å²) in [6.45, 7) is 2.21. The van der Waals surface area contributed by atoms with Crippen molar-refractivity contribution in [1.29, 1.82) is 0 Å². The van der Waals surface area contributed by atoms with Crippen LogP contribution < -0.4 is 5.32 Å². The van der Waals surface area contributed by atoms with Crippen LogP contribution in [0.3, 0.4) is 0 Å². The summed E-state index contributed by atoms with van der Waals surface area (Å²) in [7, 11) is 2.07. The van der Waals surface area contributed by atoms with E-state index < -0.39 is 0 Å². The van der Waals surface area contributed by atoms with Gasteiger partial charge in [-0.25, -0.2) is 0 Å². The van der Waals surface area contributed by atoms with Gasteiger partial charge in [0.15, 0.2) is 0 Å². The maximum Gasteiger partial charge on any atom is 0.0116 e. The molecule has 0 bridgehead atoms. The van der Waals surface area contributed by atoms with Crippen molar-refractivity contribution >= 4 is 23.7 Å². The average molecular weight is 218 g/mol. The predicted octanol–water partition coefficient (Wildman–Crippen LogP) is 2.56. The van der Waals surface area contributed by atoms with Gasteiger partial charge in [0.05, 0.1) is 0 Å². The molecular formula is C10H16ClNS. The van der Waals surface area contributed by atoms with Gasteiger partial charge in [-0.2, -0.15) is 0 Å². The molecule has 13 heavy (non-hydrogen) atoms. The number of aryl methyl sites for hydroxylation is 2. The van der Waals surface area contributed by atoms with E-state index in [1.165, 1.54) is 24.1 Å². The van der Waals surface area contributed by atoms with Crippen LogP contribution in [0.4, 0.5) is 0 Å². The molecule has 1 atom stereocenters. The summed E-state index contributed by atoms with van der Waals surface area (Å²) in [6, 6.07) is 3.07. The zero-order chi connectivity index (χ0) is 8.55. The molecule has 1 aliphatic rings. The average Bonchev–Trinajstić information content (AvgIpc) is 2.43. The summed E-state index contributed by atoms with van der Waals surface area (Å²) < 4.78 is 0. The zero-order valence-corrected chi connectivity index (χ0v) is 9.73. The van der Waals surface area contributed by atoms with E-state index in [4.69, 9.17) is 0 Å². The highest BCUT2D eigenvalue weighted by atomic mass is 35.5. The molecular weight excluding hydrogens is 202 g/mol. The second-order valence-corrected chi connectivity index (χ2v) is 4.87. The van der Waals surface area contributed by atoms with E-state index in [1.807, 2.05) is 11.3 Å². The molecule has 0 aliphatic heterocycles. The lowest BCUT2D eigenvalue weighted by molar-refractivity contribution is 0.501. The number of likely N-dealkylation sites (N-methyl/N-ethyl adjacent to an activating group) is 1. The van der Waals surface area contributed by atoms with Gasteiger partial charge in [-0.15, -0.1) is 23.7 Å². The first-order chi connectivity index (χ1) is 5.79. The molecule has 0 saturated heterocycles. The lowest BCUT2D eigenvalue weighted by Crippen LogP contribution is -2.30. The second kappa shape index (κ2) is 4.45. The number of halogens is 1. The fourth-order valence-corrected chi connectivity index (χ4v) is 3.07. The van der Waals surface area contributed by atoms with E-state index in [-0.39, 0.29) is 12.4 Å². The molecule has 0 amide bonds. The van der Waals surface area contributed by atoms with E-state index in [9.17, 15) is 0 Å². The number of fused-ring (bicyclic) bond motifs is 1. The van der Waals surface area contributed by atoms with Crippen LogP contribution in [0.2, 0.25) is 0 Å². The van der Waals surface area contributed by atoms with Crippen LogP contribution >= 0.6 is 23.7 Å². The first kappa shape index (κ1) is 11.0. The monoisotopic (exact) mass is 217 g/mol. The summed E-state index contributed by atoms with van der Waals surface area (Å²) in [4.78, 5) is 3.08. The Balaban J connectivity index is 0.000000845. The smallest absolute Gasteiger partial charge is 0.0116 e. The summed E-state index contributed by atoms with van der Waals surface area (Å²) >= 11 is 1.97. The third kappa shape index (κ3) is 2.25. The van der Waals surface area contributed by atoms with Gasteiger partial charge in [-0.1, -0.05) is 0 Å². The van der Waals surface area contributed by atoms with Crippen molar-refractivity contribution in [2.45, 2.75) is 32.2 Å². The van der Waals surface area contributed by atoms with E-state index in [2.05, 4.69) is 25.4 Å². The van der Waals surface area contributed by atoms with E-state index >= 15 is 0 Å². The zero-order valence-electron chi connectivity index (χ0n) is 8.09. The highest BCUT2D eigenvalue weighted by Gasteiger charge is 2.18. The van der Waals surface area contributed by atoms with Crippen molar-refractivity contribution in [3.05, 3.63) is 21.4 Å². The fraction of sp³-hybridized carbons (Fsp3) is 0.600. The van der Waals surface area contributed by atoms with Crippen LogP contribution in [0.25, 0.3) is 0 Å². The molecule has 3 heteroatoms. The molecule has 1 nitrogen and oxygen atoms in total. The van der Waals surface area contributed by atoms with Gasteiger partial charge in [0.25, 0.3) is 0 Å². The number of rotatable bonds is 1. The summed E-state index contributed by atoms with van der Waals surface area (Å²) in [5.74, 6) is 0. The summed E-state index contributed by atoms with van der Waals surface area (Å²) in [6.07, 6.45) is 3.81. The van der Waals surface area contributed by atoms with Crippen molar-refractivity contribution in [2.24, 2.45) is 0 Å². The molecule has 2 rings (SSSR count). The Kier molecular flexibility index (Phi) is 3.77. The van der Waals surface area contributed by atoms with Gasteiger partial charge in [-0.3, -0.25) is 0 Å². The Hall–Kier alpha value is -0.0500. The van der Waals surface area contributed by atoms with Gasteiger partial charge in [-0.05, 0) is 44.9 Å². The molecule has 1 unspecified atom stereocenters. The first-order valence-electron chi connectivity index (χ1n) is 4.55. The van der Waals surface area contributed by atoms with Gasteiger partial charge in [0.2, 0.25) is 0 Å². The third-order valence-corrected chi connectivity index (χ3v) is 3.74. The lowest BCUT2D eigenvalue weighted by Gasteiger charge is -2.20. The van der Waals surface area contributed by atoms with Gasteiger partial charge in [0.1, 0.15) is 0 Å². The molecule has 1 N–H and O–H groups in total. The van der Waals surface area contributed by atoms with Crippen LogP contribution in [0.5, 0.6) is 0 Å². The minimum absolute atomic E-state index is 0. The Morgan fingerprint density at radius 1 is 1.54 bits per heavy atom. The quantitative estimate of drug-likeness (QED) is 0.763. The van der Waals surface area contributed by atoms with Gasteiger partial charge < -0.3 is 5.32 Å². The summed E-state index contributed by atoms with van der Waals surface area (Å²) in [5, 5.41) is 3.36. The molecule has 0 fully saturated rings. The molecule has 74 valence electrons. The van der Waals surface area contributed by atoms with Crippen molar-refractivity contribution in [3.8, 4) is 0 Å².